The van der Waals surface area contributed by atoms with Gasteiger partial charge in [-0.3, -0.25) is 4.79 Å². The quantitative estimate of drug-likeness (QED) is 0.830. The molecule has 0 unspecified atom stereocenters. The van der Waals surface area contributed by atoms with Crippen LogP contribution in [-0.2, 0) is 9.53 Å². The molecular weight excluding hydrogens is 324 g/mol. The largest absolute Gasteiger partial charge is 0.504 e. The van der Waals surface area contributed by atoms with Crippen molar-refractivity contribution in [1.82, 2.24) is 0 Å². The molecule has 1 fully saturated rings. The van der Waals surface area contributed by atoms with Gasteiger partial charge < -0.3 is 24.4 Å². The van der Waals surface area contributed by atoms with E-state index in [1.165, 1.54) is 26.4 Å². The lowest BCUT2D eigenvalue weighted by Gasteiger charge is -2.15. The highest BCUT2D eigenvalue weighted by Crippen LogP contribution is 2.39. The maximum atomic E-state index is 11.6. The molecule has 130 valence electrons. The highest BCUT2D eigenvalue weighted by Gasteiger charge is 2.24. The van der Waals surface area contributed by atoms with Crippen LogP contribution in [0, 0.1) is 0 Å². The van der Waals surface area contributed by atoms with Gasteiger partial charge in [-0.25, -0.2) is 0 Å². The highest BCUT2D eigenvalue weighted by molar-refractivity contribution is 5.87. The molecule has 1 aliphatic rings. The number of hydrogen-bond acceptors (Lipinski definition) is 6. The predicted molar refractivity (Wildman–Crippen MR) is 90.7 cm³/mol. The fraction of sp³-hybridized carbons (Fsp3) is 0.211. The van der Waals surface area contributed by atoms with Gasteiger partial charge in [0.2, 0.25) is 0 Å². The Hall–Kier alpha value is -3.15. The van der Waals surface area contributed by atoms with Crippen molar-refractivity contribution in [2.75, 3.05) is 14.2 Å². The zero-order valence-corrected chi connectivity index (χ0v) is 13.9. The van der Waals surface area contributed by atoms with Crippen molar-refractivity contribution in [1.29, 1.82) is 0 Å². The molecule has 0 bridgehead atoms. The number of phenolic OH excluding ortho intramolecular Hbond substituents is 2. The van der Waals surface area contributed by atoms with Crippen LogP contribution in [0.4, 0.5) is 0 Å². The number of cyclic esters (lactones) is 1. The highest BCUT2D eigenvalue weighted by atomic mass is 16.5. The van der Waals surface area contributed by atoms with E-state index in [1.807, 2.05) is 0 Å². The van der Waals surface area contributed by atoms with Crippen molar-refractivity contribution >= 4 is 11.5 Å². The summed E-state index contributed by atoms with van der Waals surface area (Å²) in [4.78, 5) is 11.6. The Morgan fingerprint density at radius 2 is 1.44 bits per heavy atom. The number of rotatable bonds is 4. The molecule has 0 aliphatic carbocycles. The third kappa shape index (κ3) is 3.24. The molecule has 0 aromatic heterocycles. The molecule has 0 atom stereocenters. The van der Waals surface area contributed by atoms with Crippen molar-refractivity contribution in [2.45, 2.75) is 12.8 Å². The summed E-state index contributed by atoms with van der Waals surface area (Å²) >= 11 is 0. The summed E-state index contributed by atoms with van der Waals surface area (Å²) in [5, 5.41) is 19.7. The minimum atomic E-state index is -0.288. The van der Waals surface area contributed by atoms with Crippen molar-refractivity contribution in [3.05, 3.63) is 53.3 Å². The van der Waals surface area contributed by atoms with Gasteiger partial charge in [-0.05, 0) is 35.4 Å². The van der Waals surface area contributed by atoms with Gasteiger partial charge in [-0.1, -0.05) is 12.1 Å². The first kappa shape index (κ1) is 16.7. The molecule has 0 radical (unpaired) electrons. The Bertz CT molecular complexity index is 797. The second-order valence-electron chi connectivity index (χ2n) is 5.55. The van der Waals surface area contributed by atoms with E-state index < -0.39 is 0 Å². The summed E-state index contributed by atoms with van der Waals surface area (Å²) in [6.45, 7) is 0. The Kier molecular flexibility index (Phi) is 4.52. The van der Waals surface area contributed by atoms with Crippen LogP contribution in [0.1, 0.15) is 24.0 Å². The standard InChI is InChI=1S/C19H18O6/c1-23-16-9-11(3-5-13(16)20)19(15-7-8-18(22)25-15)12-4-6-14(21)17(10-12)24-2/h3-6,9-10,20-21H,7-8H2,1-2H3. The van der Waals surface area contributed by atoms with E-state index in [0.29, 0.717) is 46.8 Å². The second kappa shape index (κ2) is 6.76. The van der Waals surface area contributed by atoms with Crippen LogP contribution in [0.3, 0.4) is 0 Å². The maximum Gasteiger partial charge on any atom is 0.311 e. The van der Waals surface area contributed by atoms with Crippen molar-refractivity contribution in [3.63, 3.8) is 0 Å². The van der Waals surface area contributed by atoms with Gasteiger partial charge in [0.25, 0.3) is 0 Å². The van der Waals surface area contributed by atoms with Crippen LogP contribution < -0.4 is 9.47 Å². The van der Waals surface area contributed by atoms with Crippen LogP contribution in [0.2, 0.25) is 0 Å². The molecule has 2 N–H and O–H groups in total. The number of ether oxygens (including phenoxy) is 3. The van der Waals surface area contributed by atoms with Crippen LogP contribution in [0.5, 0.6) is 23.0 Å². The molecule has 1 aliphatic heterocycles. The molecule has 25 heavy (non-hydrogen) atoms. The van der Waals surface area contributed by atoms with Gasteiger partial charge >= 0.3 is 5.97 Å². The molecule has 6 heteroatoms. The number of carbonyl (C=O) groups excluding carboxylic acids is 1. The van der Waals surface area contributed by atoms with Crippen LogP contribution >= 0.6 is 0 Å². The molecule has 3 rings (SSSR count). The summed E-state index contributed by atoms with van der Waals surface area (Å²) in [6.07, 6.45) is 0.782. The number of allylic oxidation sites excluding steroid dienone is 1. The normalized spacial score (nSPS) is 13.5. The molecular formula is C19H18O6. The van der Waals surface area contributed by atoms with Crippen molar-refractivity contribution in [3.8, 4) is 23.0 Å². The van der Waals surface area contributed by atoms with E-state index in [9.17, 15) is 15.0 Å². The molecule has 1 heterocycles. The number of carbonyl (C=O) groups is 1. The van der Waals surface area contributed by atoms with E-state index in [1.54, 1.807) is 24.3 Å². The van der Waals surface area contributed by atoms with Gasteiger partial charge in [-0.15, -0.1) is 0 Å². The minimum absolute atomic E-state index is 0.0160. The summed E-state index contributed by atoms with van der Waals surface area (Å²) in [5.41, 5.74) is 2.11. The Morgan fingerprint density at radius 1 is 0.920 bits per heavy atom. The van der Waals surface area contributed by atoms with Crippen LogP contribution in [0.15, 0.2) is 42.2 Å². The predicted octanol–water partition coefficient (Wildman–Crippen LogP) is 3.21. The first-order chi connectivity index (χ1) is 12.0. The second-order valence-corrected chi connectivity index (χ2v) is 5.55. The fourth-order valence-electron chi connectivity index (χ4n) is 2.79. The Morgan fingerprint density at radius 3 is 1.84 bits per heavy atom. The Balaban J connectivity index is 2.20. The lowest BCUT2D eigenvalue weighted by Crippen LogP contribution is -1.98. The smallest absolute Gasteiger partial charge is 0.311 e. The first-order valence-electron chi connectivity index (χ1n) is 7.72. The number of methoxy groups -OCH3 is 2. The van der Waals surface area contributed by atoms with E-state index in [0.717, 1.165) is 0 Å². The Labute approximate surface area is 144 Å². The number of phenols is 2. The summed E-state index contributed by atoms with van der Waals surface area (Å²) in [5.74, 6) is 0.899. The SMILES string of the molecule is COc1cc(C(=C2CCC(=O)O2)c2ccc(O)c(OC)c2)ccc1O. The third-order valence-corrected chi connectivity index (χ3v) is 4.01. The van der Waals surface area contributed by atoms with E-state index in [2.05, 4.69) is 0 Å². The van der Waals surface area contributed by atoms with Gasteiger partial charge in [0.1, 0.15) is 5.76 Å². The minimum Gasteiger partial charge on any atom is -0.504 e. The van der Waals surface area contributed by atoms with Gasteiger partial charge in [-0.2, -0.15) is 0 Å². The van der Waals surface area contributed by atoms with Crippen molar-refractivity contribution < 1.29 is 29.2 Å². The molecule has 0 amide bonds. The monoisotopic (exact) mass is 342 g/mol. The fourth-order valence-corrected chi connectivity index (χ4v) is 2.79. The molecule has 2 aromatic carbocycles. The first-order valence-corrected chi connectivity index (χ1v) is 7.72. The average molecular weight is 342 g/mol. The summed E-state index contributed by atoms with van der Waals surface area (Å²) in [6, 6.07) is 9.80. The molecule has 0 saturated carbocycles. The van der Waals surface area contributed by atoms with Gasteiger partial charge in [0, 0.05) is 12.0 Å². The number of hydrogen-bond donors (Lipinski definition) is 2. The lowest BCUT2D eigenvalue weighted by atomic mass is 9.95. The maximum absolute atomic E-state index is 11.6. The number of aromatic hydroxyl groups is 2. The lowest BCUT2D eigenvalue weighted by molar-refractivity contribution is -0.135. The van der Waals surface area contributed by atoms with Gasteiger partial charge in [0.15, 0.2) is 23.0 Å². The van der Waals surface area contributed by atoms with Crippen molar-refractivity contribution in [2.24, 2.45) is 0 Å². The van der Waals surface area contributed by atoms with Crippen LogP contribution in [-0.4, -0.2) is 30.4 Å². The van der Waals surface area contributed by atoms with E-state index >= 15 is 0 Å². The molecule has 1 saturated heterocycles. The molecule has 0 spiro atoms. The zero-order chi connectivity index (χ0) is 18.0. The number of benzene rings is 2. The number of esters is 1. The summed E-state index contributed by atoms with van der Waals surface area (Å²) in [7, 11) is 2.93. The average Bonchev–Trinajstić information content (AvgIpc) is 3.03. The zero-order valence-electron chi connectivity index (χ0n) is 13.9. The van der Waals surface area contributed by atoms with Gasteiger partial charge in [0.05, 0.1) is 20.6 Å². The molecule has 2 aromatic rings. The van der Waals surface area contributed by atoms with E-state index in [-0.39, 0.29) is 17.5 Å². The van der Waals surface area contributed by atoms with E-state index in [4.69, 9.17) is 14.2 Å². The third-order valence-electron chi connectivity index (χ3n) is 4.01. The molecule has 6 nitrogen and oxygen atoms in total. The summed E-state index contributed by atoms with van der Waals surface area (Å²) < 4.78 is 15.7. The van der Waals surface area contributed by atoms with Crippen LogP contribution in [0.25, 0.3) is 5.57 Å². The topological polar surface area (TPSA) is 85.2 Å².